The first kappa shape index (κ1) is 23.8. The van der Waals surface area contributed by atoms with E-state index in [0.29, 0.717) is 5.69 Å². The molecular formula is C28H29FN6O. The molecular weight excluding hydrogens is 455 g/mol. The van der Waals surface area contributed by atoms with Crippen molar-refractivity contribution in [3.8, 4) is 16.8 Å². The number of nitrogens with two attached hydrogens (primary N) is 1. The number of aryl methyl sites for hydroxylation is 1. The van der Waals surface area contributed by atoms with Crippen LogP contribution in [0.1, 0.15) is 34.6 Å². The first-order valence-electron chi connectivity index (χ1n) is 12.1. The van der Waals surface area contributed by atoms with Crippen molar-refractivity contribution in [2.75, 3.05) is 18.4 Å². The number of pyridine rings is 1. The van der Waals surface area contributed by atoms with Gasteiger partial charge >= 0.3 is 0 Å². The second-order valence-corrected chi connectivity index (χ2v) is 9.34. The third-order valence-electron chi connectivity index (χ3n) is 6.36. The normalized spacial score (nSPS) is 16.1. The fraction of sp³-hybridized carbons (Fsp3) is 0.250. The van der Waals surface area contributed by atoms with Crippen LogP contribution in [0.15, 0.2) is 73.3 Å². The van der Waals surface area contributed by atoms with E-state index in [0.717, 1.165) is 60.5 Å². The zero-order valence-corrected chi connectivity index (χ0v) is 20.2. The molecule has 2 aromatic heterocycles. The molecule has 1 fully saturated rings. The number of benzene rings is 2. The van der Waals surface area contributed by atoms with Crippen molar-refractivity contribution in [1.29, 1.82) is 0 Å². The highest BCUT2D eigenvalue weighted by molar-refractivity contribution is 6.03. The molecule has 36 heavy (non-hydrogen) atoms. The van der Waals surface area contributed by atoms with Crippen LogP contribution in [0.2, 0.25) is 0 Å². The standard InChI is InChI=1S/C28H29FN6O/c1-19-15-35(18-32-19)26-12-20(16-34-10-2-3-24(30)17-34)11-25(14-26)33-28(36)27-13-22(8-9-31-27)21-4-6-23(29)7-5-21/h4-9,11-15,18,24H,2-3,10,16-17,30H2,1H3,(H,33,36)/t24-/m0/s1. The van der Waals surface area contributed by atoms with Crippen molar-refractivity contribution < 1.29 is 9.18 Å². The summed E-state index contributed by atoms with van der Waals surface area (Å²) in [6, 6.07) is 15.9. The van der Waals surface area contributed by atoms with Gasteiger partial charge in [0.1, 0.15) is 11.5 Å². The van der Waals surface area contributed by atoms with Crippen LogP contribution in [0, 0.1) is 12.7 Å². The highest BCUT2D eigenvalue weighted by Crippen LogP contribution is 2.24. The van der Waals surface area contributed by atoms with Crippen LogP contribution >= 0.6 is 0 Å². The number of aromatic nitrogens is 3. The molecule has 1 aliphatic rings. The minimum atomic E-state index is -0.316. The molecule has 1 saturated heterocycles. The van der Waals surface area contributed by atoms with Gasteiger partial charge in [-0.1, -0.05) is 12.1 Å². The van der Waals surface area contributed by atoms with Crippen molar-refractivity contribution in [3.05, 3.63) is 96.1 Å². The molecule has 2 aromatic carbocycles. The fourth-order valence-electron chi connectivity index (χ4n) is 4.61. The van der Waals surface area contributed by atoms with Gasteiger partial charge < -0.3 is 15.6 Å². The third kappa shape index (κ3) is 5.67. The molecule has 0 saturated carbocycles. The zero-order chi connectivity index (χ0) is 25.1. The molecule has 0 radical (unpaired) electrons. The summed E-state index contributed by atoms with van der Waals surface area (Å²) in [5, 5.41) is 3.01. The largest absolute Gasteiger partial charge is 0.327 e. The highest BCUT2D eigenvalue weighted by atomic mass is 19.1. The van der Waals surface area contributed by atoms with E-state index in [1.54, 1.807) is 36.8 Å². The zero-order valence-electron chi connectivity index (χ0n) is 20.2. The lowest BCUT2D eigenvalue weighted by atomic mass is 10.0. The maximum atomic E-state index is 13.3. The van der Waals surface area contributed by atoms with Gasteiger partial charge in [-0.15, -0.1) is 0 Å². The SMILES string of the molecule is Cc1cn(-c2cc(CN3CCC[C@H](N)C3)cc(NC(=O)c3cc(-c4ccc(F)cc4)ccn3)c2)cn1. The minimum Gasteiger partial charge on any atom is -0.327 e. The quantitative estimate of drug-likeness (QED) is 0.419. The van der Waals surface area contributed by atoms with E-state index in [1.807, 2.05) is 29.8 Å². The molecule has 184 valence electrons. The van der Waals surface area contributed by atoms with E-state index >= 15 is 0 Å². The van der Waals surface area contributed by atoms with Crippen molar-refractivity contribution in [1.82, 2.24) is 19.4 Å². The number of piperidine rings is 1. The van der Waals surface area contributed by atoms with Crippen LogP contribution in [0.5, 0.6) is 0 Å². The van der Waals surface area contributed by atoms with Crippen LogP contribution in [0.3, 0.4) is 0 Å². The lowest BCUT2D eigenvalue weighted by Crippen LogP contribution is -2.42. The average Bonchev–Trinajstić information content (AvgIpc) is 3.31. The van der Waals surface area contributed by atoms with Gasteiger partial charge in [0, 0.05) is 42.9 Å². The Morgan fingerprint density at radius 3 is 2.69 bits per heavy atom. The molecule has 1 amide bonds. The number of imidazole rings is 1. The predicted molar refractivity (Wildman–Crippen MR) is 138 cm³/mol. The van der Waals surface area contributed by atoms with E-state index in [-0.39, 0.29) is 23.5 Å². The Morgan fingerprint density at radius 1 is 1.11 bits per heavy atom. The smallest absolute Gasteiger partial charge is 0.274 e. The summed E-state index contributed by atoms with van der Waals surface area (Å²) >= 11 is 0. The molecule has 0 aliphatic carbocycles. The van der Waals surface area contributed by atoms with Gasteiger partial charge in [0.05, 0.1) is 12.0 Å². The molecule has 5 rings (SSSR count). The van der Waals surface area contributed by atoms with Crippen LogP contribution in [0.25, 0.3) is 16.8 Å². The Balaban J connectivity index is 1.41. The summed E-state index contributed by atoms with van der Waals surface area (Å²) in [6.07, 6.45) is 7.44. The molecule has 8 heteroatoms. The molecule has 1 aliphatic heterocycles. The van der Waals surface area contributed by atoms with E-state index in [4.69, 9.17) is 5.73 Å². The Kier molecular flexibility index (Phi) is 6.88. The first-order chi connectivity index (χ1) is 17.4. The number of amides is 1. The monoisotopic (exact) mass is 484 g/mol. The second-order valence-electron chi connectivity index (χ2n) is 9.34. The summed E-state index contributed by atoms with van der Waals surface area (Å²) in [5.41, 5.74) is 11.7. The molecule has 4 aromatic rings. The summed E-state index contributed by atoms with van der Waals surface area (Å²) < 4.78 is 15.3. The summed E-state index contributed by atoms with van der Waals surface area (Å²) in [7, 11) is 0. The van der Waals surface area contributed by atoms with Gasteiger partial charge in [0.25, 0.3) is 5.91 Å². The number of nitrogens with one attached hydrogen (secondary N) is 1. The van der Waals surface area contributed by atoms with Gasteiger partial charge in [-0.25, -0.2) is 9.37 Å². The van der Waals surface area contributed by atoms with Crippen LogP contribution in [0.4, 0.5) is 10.1 Å². The van der Waals surface area contributed by atoms with E-state index in [2.05, 4.69) is 26.3 Å². The number of carbonyl (C=O) groups excluding carboxylic acids is 1. The predicted octanol–water partition coefficient (Wildman–Crippen LogP) is 4.56. The summed E-state index contributed by atoms with van der Waals surface area (Å²) in [4.78, 5) is 24.1. The molecule has 3 heterocycles. The van der Waals surface area contributed by atoms with Crippen molar-refractivity contribution in [3.63, 3.8) is 0 Å². The molecule has 3 N–H and O–H groups in total. The lowest BCUT2D eigenvalue weighted by Gasteiger charge is -2.30. The van der Waals surface area contributed by atoms with Gasteiger partial charge in [0.15, 0.2) is 0 Å². The number of nitrogens with zero attached hydrogens (tertiary/aromatic N) is 4. The van der Waals surface area contributed by atoms with Crippen LogP contribution in [-0.2, 0) is 6.54 Å². The number of likely N-dealkylation sites (tertiary alicyclic amines) is 1. The number of hydrogen-bond acceptors (Lipinski definition) is 5. The van der Waals surface area contributed by atoms with E-state index in [9.17, 15) is 9.18 Å². The average molecular weight is 485 g/mol. The van der Waals surface area contributed by atoms with Crippen molar-refractivity contribution in [2.45, 2.75) is 32.4 Å². The minimum absolute atomic E-state index is 0.192. The van der Waals surface area contributed by atoms with Gasteiger partial charge in [-0.3, -0.25) is 14.7 Å². The fourth-order valence-corrected chi connectivity index (χ4v) is 4.61. The Hall–Kier alpha value is -3.88. The van der Waals surface area contributed by atoms with E-state index < -0.39 is 0 Å². The van der Waals surface area contributed by atoms with Crippen molar-refractivity contribution in [2.24, 2.45) is 5.73 Å². The maximum Gasteiger partial charge on any atom is 0.274 e. The lowest BCUT2D eigenvalue weighted by molar-refractivity contribution is 0.102. The van der Waals surface area contributed by atoms with Crippen LogP contribution < -0.4 is 11.1 Å². The molecule has 7 nitrogen and oxygen atoms in total. The van der Waals surface area contributed by atoms with E-state index in [1.165, 1.54) is 12.1 Å². The number of hydrogen-bond donors (Lipinski definition) is 2. The number of halogens is 1. The number of carbonyl (C=O) groups is 1. The second kappa shape index (κ2) is 10.4. The Labute approximate surface area is 209 Å². The summed E-state index contributed by atoms with van der Waals surface area (Å²) in [5.74, 6) is -0.620. The molecule has 0 spiro atoms. The Morgan fingerprint density at radius 2 is 1.94 bits per heavy atom. The van der Waals surface area contributed by atoms with Crippen LogP contribution in [-0.4, -0.2) is 44.5 Å². The number of anilines is 1. The highest BCUT2D eigenvalue weighted by Gasteiger charge is 2.18. The van der Waals surface area contributed by atoms with Gasteiger partial charge in [-0.2, -0.15) is 0 Å². The number of rotatable bonds is 6. The topological polar surface area (TPSA) is 89.1 Å². The van der Waals surface area contributed by atoms with Gasteiger partial charge in [-0.05, 0) is 85.5 Å². The molecule has 1 atom stereocenters. The summed E-state index contributed by atoms with van der Waals surface area (Å²) in [6.45, 7) is 4.55. The van der Waals surface area contributed by atoms with Crippen molar-refractivity contribution >= 4 is 11.6 Å². The molecule has 0 bridgehead atoms. The first-order valence-corrected chi connectivity index (χ1v) is 12.1. The Bertz CT molecular complexity index is 1370. The maximum absolute atomic E-state index is 13.3. The molecule has 0 unspecified atom stereocenters. The van der Waals surface area contributed by atoms with Gasteiger partial charge in [0.2, 0.25) is 0 Å². The third-order valence-corrected chi connectivity index (χ3v) is 6.36.